The molecule has 1 aromatic heterocycles. The second-order valence-corrected chi connectivity index (χ2v) is 11.7. The Balaban J connectivity index is 1.21. The first-order valence-electron chi connectivity index (χ1n) is 12.1. The third-order valence-electron chi connectivity index (χ3n) is 7.15. The molecule has 1 unspecified atom stereocenters. The maximum Gasteiger partial charge on any atom is 0.317 e. The molecule has 9 nitrogen and oxygen atoms in total. The molecule has 0 radical (unpaired) electrons. The van der Waals surface area contributed by atoms with Gasteiger partial charge in [-0.2, -0.15) is 0 Å². The maximum atomic E-state index is 13.3. The van der Waals surface area contributed by atoms with Crippen molar-refractivity contribution in [3.8, 4) is 0 Å². The Morgan fingerprint density at radius 3 is 2.71 bits per heavy atom. The first-order chi connectivity index (χ1) is 16.4. The van der Waals surface area contributed by atoms with Gasteiger partial charge in [0.15, 0.2) is 9.84 Å². The number of benzene rings is 1. The number of carbonyl (C=O) groups is 2. The van der Waals surface area contributed by atoms with E-state index in [-0.39, 0.29) is 36.5 Å². The van der Waals surface area contributed by atoms with Crippen LogP contribution in [0.2, 0.25) is 0 Å². The normalized spacial score (nSPS) is 22.2. The molecule has 34 heavy (non-hydrogen) atoms. The molecule has 2 aromatic rings. The van der Waals surface area contributed by atoms with Crippen LogP contribution in [0.15, 0.2) is 36.3 Å². The molecule has 2 fully saturated rings. The summed E-state index contributed by atoms with van der Waals surface area (Å²) in [6.45, 7) is 2.16. The Hall–Kier alpha value is -2.88. The van der Waals surface area contributed by atoms with E-state index < -0.39 is 9.84 Å². The van der Waals surface area contributed by atoms with Crippen LogP contribution in [0.5, 0.6) is 0 Å². The van der Waals surface area contributed by atoms with Crippen molar-refractivity contribution in [3.63, 3.8) is 0 Å². The van der Waals surface area contributed by atoms with E-state index in [9.17, 15) is 18.0 Å². The Morgan fingerprint density at radius 2 is 1.88 bits per heavy atom. The second kappa shape index (κ2) is 9.40. The third kappa shape index (κ3) is 4.68. The van der Waals surface area contributed by atoms with E-state index in [1.807, 2.05) is 27.7 Å². The fourth-order valence-corrected chi connectivity index (χ4v) is 6.44. The van der Waals surface area contributed by atoms with Crippen molar-refractivity contribution in [1.29, 1.82) is 0 Å². The number of urea groups is 1. The van der Waals surface area contributed by atoms with Gasteiger partial charge in [0.1, 0.15) is 0 Å². The lowest BCUT2D eigenvalue weighted by Gasteiger charge is -2.38. The minimum atomic E-state index is -3.02. The Labute approximate surface area is 199 Å². The summed E-state index contributed by atoms with van der Waals surface area (Å²) < 4.78 is 25.0. The zero-order valence-electron chi connectivity index (χ0n) is 19.3. The van der Waals surface area contributed by atoms with Crippen LogP contribution in [0.25, 0.3) is 11.0 Å². The number of hydrogen-bond donors (Lipinski definition) is 1. The van der Waals surface area contributed by atoms with Gasteiger partial charge < -0.3 is 19.7 Å². The molecule has 182 valence electrons. The number of carbonyl (C=O) groups excluding carboxylic acids is 2. The molecule has 2 saturated heterocycles. The Morgan fingerprint density at radius 1 is 1.09 bits per heavy atom. The quantitative estimate of drug-likeness (QED) is 0.716. The number of likely N-dealkylation sites (tertiary alicyclic amines) is 1. The van der Waals surface area contributed by atoms with Gasteiger partial charge in [-0.05, 0) is 56.2 Å². The highest BCUT2D eigenvalue weighted by atomic mass is 32.2. The minimum Gasteiger partial charge on any atom is -0.336 e. The number of rotatable bonds is 4. The molecule has 1 aromatic carbocycles. The second-order valence-electron chi connectivity index (χ2n) is 9.37. The molecule has 1 atom stereocenters. The standard InChI is InChI=1S/C24H31N5O4S/c30-23(29-10-3-5-18-4-1-2-6-21(18)29)19-7-8-22-20(16-19)26-17-28(22)11-9-25-24(31)27-12-14-34(32,33)15-13-27/h6-8,16-18H,1-5,9-15H2,(H,25,31). The lowest BCUT2D eigenvalue weighted by Crippen LogP contribution is -2.48. The van der Waals surface area contributed by atoms with Crippen molar-refractivity contribution in [2.45, 2.75) is 38.6 Å². The number of imidazole rings is 1. The van der Waals surface area contributed by atoms with E-state index in [0.717, 1.165) is 30.4 Å². The predicted octanol–water partition coefficient (Wildman–Crippen LogP) is 2.40. The van der Waals surface area contributed by atoms with Crippen LogP contribution >= 0.6 is 0 Å². The van der Waals surface area contributed by atoms with Crippen molar-refractivity contribution in [3.05, 3.63) is 41.9 Å². The monoisotopic (exact) mass is 485 g/mol. The summed E-state index contributed by atoms with van der Waals surface area (Å²) in [4.78, 5) is 33.6. The van der Waals surface area contributed by atoms with Crippen molar-refractivity contribution in [2.24, 2.45) is 5.92 Å². The predicted molar refractivity (Wildman–Crippen MR) is 129 cm³/mol. The van der Waals surface area contributed by atoms with Crippen LogP contribution < -0.4 is 5.32 Å². The van der Waals surface area contributed by atoms with E-state index in [0.29, 0.717) is 24.6 Å². The first-order valence-corrected chi connectivity index (χ1v) is 13.9. The third-order valence-corrected chi connectivity index (χ3v) is 8.76. The average molecular weight is 486 g/mol. The summed E-state index contributed by atoms with van der Waals surface area (Å²) in [5.41, 5.74) is 3.52. The largest absolute Gasteiger partial charge is 0.336 e. The molecular weight excluding hydrogens is 454 g/mol. The SMILES string of the molecule is O=C(NCCn1cnc2cc(C(=O)N3CCCC4CCCC=C43)ccc21)N1CCS(=O)(=O)CC1. The highest BCUT2D eigenvalue weighted by Gasteiger charge is 2.31. The summed E-state index contributed by atoms with van der Waals surface area (Å²) in [5, 5.41) is 2.86. The van der Waals surface area contributed by atoms with Gasteiger partial charge in [0, 0.05) is 44.0 Å². The summed E-state index contributed by atoms with van der Waals surface area (Å²) in [5.74, 6) is 0.593. The van der Waals surface area contributed by atoms with Crippen LogP contribution in [0.1, 0.15) is 42.5 Å². The number of nitrogens with one attached hydrogen (secondary N) is 1. The lowest BCUT2D eigenvalue weighted by atomic mass is 9.84. The molecule has 0 bridgehead atoms. The summed E-state index contributed by atoms with van der Waals surface area (Å²) >= 11 is 0. The average Bonchev–Trinajstić information content (AvgIpc) is 3.25. The van der Waals surface area contributed by atoms with Crippen LogP contribution in [0.3, 0.4) is 0 Å². The topological polar surface area (TPSA) is 105 Å². The zero-order valence-corrected chi connectivity index (χ0v) is 20.1. The van der Waals surface area contributed by atoms with E-state index in [4.69, 9.17) is 0 Å². The van der Waals surface area contributed by atoms with E-state index in [2.05, 4.69) is 16.4 Å². The zero-order chi connectivity index (χ0) is 23.7. The molecule has 1 aliphatic carbocycles. The van der Waals surface area contributed by atoms with Gasteiger partial charge in [-0.25, -0.2) is 18.2 Å². The van der Waals surface area contributed by atoms with Crippen molar-refractivity contribution < 1.29 is 18.0 Å². The lowest BCUT2D eigenvalue weighted by molar-refractivity contribution is 0.0749. The van der Waals surface area contributed by atoms with Crippen LogP contribution in [-0.2, 0) is 16.4 Å². The molecule has 10 heteroatoms. The molecular formula is C24H31N5O4S. The molecule has 2 aliphatic heterocycles. The fourth-order valence-electron chi connectivity index (χ4n) is 5.24. The number of nitrogens with zero attached hydrogens (tertiary/aromatic N) is 4. The van der Waals surface area contributed by atoms with Gasteiger partial charge in [0.05, 0.1) is 28.9 Å². The Bertz CT molecular complexity index is 1220. The molecule has 0 spiro atoms. The summed E-state index contributed by atoms with van der Waals surface area (Å²) in [6, 6.07) is 5.39. The minimum absolute atomic E-state index is 0.0169. The summed E-state index contributed by atoms with van der Waals surface area (Å²) in [6.07, 6.45) is 9.61. The molecule has 5 rings (SSSR count). The number of allylic oxidation sites excluding steroid dienone is 2. The molecule has 3 amide bonds. The van der Waals surface area contributed by atoms with Crippen LogP contribution in [0.4, 0.5) is 4.79 Å². The maximum absolute atomic E-state index is 13.3. The highest BCUT2D eigenvalue weighted by molar-refractivity contribution is 7.91. The molecule has 3 heterocycles. The highest BCUT2D eigenvalue weighted by Crippen LogP contribution is 2.35. The van der Waals surface area contributed by atoms with Crippen molar-refractivity contribution in [2.75, 3.05) is 37.7 Å². The number of hydrogen-bond acceptors (Lipinski definition) is 5. The van der Waals surface area contributed by atoms with Gasteiger partial charge in [-0.3, -0.25) is 4.79 Å². The Kier molecular flexibility index (Phi) is 6.33. The van der Waals surface area contributed by atoms with Crippen LogP contribution in [-0.4, -0.2) is 77.4 Å². The fraction of sp³-hybridized carbons (Fsp3) is 0.542. The number of fused-ring (bicyclic) bond motifs is 2. The van der Waals surface area contributed by atoms with Gasteiger partial charge in [0.2, 0.25) is 0 Å². The van der Waals surface area contributed by atoms with Crippen molar-refractivity contribution in [1.82, 2.24) is 24.7 Å². The smallest absolute Gasteiger partial charge is 0.317 e. The van der Waals surface area contributed by atoms with Gasteiger partial charge >= 0.3 is 6.03 Å². The molecule has 3 aliphatic rings. The van der Waals surface area contributed by atoms with Gasteiger partial charge in [0.25, 0.3) is 5.91 Å². The number of piperidine rings is 1. The number of aromatic nitrogens is 2. The van der Waals surface area contributed by atoms with E-state index in [1.165, 1.54) is 29.9 Å². The molecule has 1 N–H and O–H groups in total. The van der Waals surface area contributed by atoms with E-state index in [1.54, 1.807) is 6.33 Å². The van der Waals surface area contributed by atoms with E-state index >= 15 is 0 Å². The summed E-state index contributed by atoms with van der Waals surface area (Å²) in [7, 11) is -3.02. The van der Waals surface area contributed by atoms with Gasteiger partial charge in [-0.1, -0.05) is 6.08 Å². The van der Waals surface area contributed by atoms with Gasteiger partial charge in [-0.15, -0.1) is 0 Å². The number of amides is 3. The van der Waals surface area contributed by atoms with Crippen molar-refractivity contribution >= 4 is 32.8 Å². The van der Waals surface area contributed by atoms with Crippen LogP contribution in [0, 0.1) is 5.92 Å². The molecule has 0 saturated carbocycles. The first kappa shape index (κ1) is 22.9. The number of sulfone groups is 1.